The third kappa shape index (κ3) is 2.65. The van der Waals surface area contributed by atoms with Crippen molar-refractivity contribution < 1.29 is 0 Å². The van der Waals surface area contributed by atoms with Gasteiger partial charge in [-0.3, -0.25) is 0 Å². The van der Waals surface area contributed by atoms with Gasteiger partial charge in [0.2, 0.25) is 0 Å². The summed E-state index contributed by atoms with van der Waals surface area (Å²) in [7, 11) is 0. The van der Waals surface area contributed by atoms with Crippen LogP contribution in [-0.2, 0) is 19.3 Å². The van der Waals surface area contributed by atoms with E-state index >= 15 is 0 Å². The third-order valence-corrected chi connectivity index (χ3v) is 5.75. The van der Waals surface area contributed by atoms with Crippen LogP contribution in [0.5, 0.6) is 0 Å². The van der Waals surface area contributed by atoms with Crippen molar-refractivity contribution in [2.45, 2.75) is 70.3 Å². The largest absolute Gasteiger partial charge is 0.313 e. The van der Waals surface area contributed by atoms with E-state index in [1.165, 1.54) is 70.8 Å². The summed E-state index contributed by atoms with van der Waals surface area (Å²) in [6.45, 7) is 1.26. The first-order valence-electron chi connectivity index (χ1n) is 8.67. The molecular formula is C19H27N. The first-order valence-corrected chi connectivity index (χ1v) is 8.67. The molecule has 0 bridgehead atoms. The Morgan fingerprint density at radius 3 is 2.60 bits per heavy atom. The zero-order valence-electron chi connectivity index (χ0n) is 12.6. The van der Waals surface area contributed by atoms with Crippen LogP contribution in [0.2, 0.25) is 0 Å². The van der Waals surface area contributed by atoms with Crippen molar-refractivity contribution >= 4 is 0 Å². The molecule has 2 fully saturated rings. The average Bonchev–Trinajstić information content (AvgIpc) is 2.98. The minimum Gasteiger partial charge on any atom is -0.313 e. The van der Waals surface area contributed by atoms with E-state index in [1.54, 1.807) is 16.7 Å². The Balaban J connectivity index is 1.49. The number of aryl methyl sites for hydroxylation is 2. The van der Waals surface area contributed by atoms with Gasteiger partial charge in [-0.25, -0.2) is 0 Å². The molecule has 1 nitrogen and oxygen atoms in total. The summed E-state index contributed by atoms with van der Waals surface area (Å²) < 4.78 is 0. The SMILES string of the molecule is c1cc2c(cc1CC1(CNC3CC3)CCCC1)CCC2. The van der Waals surface area contributed by atoms with Gasteiger partial charge in [0.25, 0.3) is 0 Å². The van der Waals surface area contributed by atoms with E-state index in [0.29, 0.717) is 5.41 Å². The van der Waals surface area contributed by atoms with Crippen molar-refractivity contribution in [3.63, 3.8) is 0 Å². The number of hydrogen-bond donors (Lipinski definition) is 1. The van der Waals surface area contributed by atoms with Gasteiger partial charge in [0.15, 0.2) is 0 Å². The molecule has 0 unspecified atom stereocenters. The second-order valence-corrected chi connectivity index (χ2v) is 7.50. The van der Waals surface area contributed by atoms with Gasteiger partial charge in [-0.15, -0.1) is 0 Å². The molecule has 108 valence electrons. The van der Waals surface area contributed by atoms with Gasteiger partial charge in [-0.1, -0.05) is 31.0 Å². The Bertz CT molecular complexity index is 481. The maximum absolute atomic E-state index is 3.81. The summed E-state index contributed by atoms with van der Waals surface area (Å²) >= 11 is 0. The molecule has 0 aliphatic heterocycles. The molecule has 3 aliphatic carbocycles. The van der Waals surface area contributed by atoms with Gasteiger partial charge >= 0.3 is 0 Å². The quantitative estimate of drug-likeness (QED) is 0.851. The number of fused-ring (bicyclic) bond motifs is 1. The molecule has 1 aromatic carbocycles. The minimum atomic E-state index is 0.565. The minimum absolute atomic E-state index is 0.565. The average molecular weight is 269 g/mol. The fraction of sp³-hybridized carbons (Fsp3) is 0.684. The predicted molar refractivity (Wildman–Crippen MR) is 84.1 cm³/mol. The van der Waals surface area contributed by atoms with Gasteiger partial charge in [-0.2, -0.15) is 0 Å². The molecule has 0 atom stereocenters. The van der Waals surface area contributed by atoms with Crippen LogP contribution >= 0.6 is 0 Å². The summed E-state index contributed by atoms with van der Waals surface area (Å²) in [5.74, 6) is 0. The molecule has 1 N–H and O–H groups in total. The fourth-order valence-electron chi connectivity index (χ4n) is 4.36. The van der Waals surface area contributed by atoms with Crippen LogP contribution in [0.15, 0.2) is 18.2 Å². The molecule has 20 heavy (non-hydrogen) atoms. The maximum atomic E-state index is 3.81. The van der Waals surface area contributed by atoms with Crippen LogP contribution in [0, 0.1) is 5.41 Å². The van der Waals surface area contributed by atoms with E-state index in [9.17, 15) is 0 Å². The van der Waals surface area contributed by atoms with Crippen LogP contribution in [0.3, 0.4) is 0 Å². The Morgan fingerprint density at radius 1 is 1.00 bits per heavy atom. The normalized spacial score (nSPS) is 24.0. The number of rotatable bonds is 5. The first kappa shape index (κ1) is 12.9. The summed E-state index contributed by atoms with van der Waals surface area (Å²) in [6.07, 6.45) is 13.9. The van der Waals surface area contributed by atoms with Gasteiger partial charge in [0.05, 0.1) is 0 Å². The smallest absolute Gasteiger partial charge is 0.00684 e. The lowest BCUT2D eigenvalue weighted by Crippen LogP contribution is -2.35. The van der Waals surface area contributed by atoms with Crippen LogP contribution < -0.4 is 5.32 Å². The fourth-order valence-corrected chi connectivity index (χ4v) is 4.36. The lowest BCUT2D eigenvalue weighted by atomic mass is 9.79. The lowest BCUT2D eigenvalue weighted by molar-refractivity contribution is 0.276. The van der Waals surface area contributed by atoms with Gasteiger partial charge in [0, 0.05) is 12.6 Å². The van der Waals surface area contributed by atoms with E-state index in [4.69, 9.17) is 0 Å². The van der Waals surface area contributed by atoms with Gasteiger partial charge in [-0.05, 0) is 73.5 Å². The first-order chi connectivity index (χ1) is 9.83. The molecule has 3 aliphatic rings. The molecule has 0 aromatic heterocycles. The summed E-state index contributed by atoms with van der Waals surface area (Å²) in [5, 5.41) is 3.81. The van der Waals surface area contributed by atoms with E-state index < -0.39 is 0 Å². The molecule has 2 saturated carbocycles. The van der Waals surface area contributed by atoms with E-state index in [0.717, 1.165) is 6.04 Å². The van der Waals surface area contributed by atoms with Crippen molar-refractivity contribution in [1.82, 2.24) is 5.32 Å². The highest BCUT2D eigenvalue weighted by Crippen LogP contribution is 2.41. The summed E-state index contributed by atoms with van der Waals surface area (Å²) in [5.41, 5.74) is 5.43. The molecule has 0 amide bonds. The van der Waals surface area contributed by atoms with Gasteiger partial charge < -0.3 is 5.32 Å². The van der Waals surface area contributed by atoms with Crippen LogP contribution in [-0.4, -0.2) is 12.6 Å². The van der Waals surface area contributed by atoms with E-state index in [2.05, 4.69) is 23.5 Å². The zero-order valence-corrected chi connectivity index (χ0v) is 12.6. The Morgan fingerprint density at radius 2 is 1.80 bits per heavy atom. The van der Waals surface area contributed by atoms with Crippen molar-refractivity contribution in [3.8, 4) is 0 Å². The predicted octanol–water partition coefficient (Wildman–Crippen LogP) is 4.03. The van der Waals surface area contributed by atoms with Crippen LogP contribution in [0.1, 0.15) is 61.6 Å². The Hall–Kier alpha value is -0.820. The van der Waals surface area contributed by atoms with Crippen molar-refractivity contribution in [3.05, 3.63) is 34.9 Å². The second kappa shape index (κ2) is 5.18. The van der Waals surface area contributed by atoms with Crippen molar-refractivity contribution in [2.75, 3.05) is 6.54 Å². The molecule has 0 saturated heterocycles. The standard InChI is InChI=1S/C19H27N/c1-2-11-19(10-1,14-20-18-8-9-18)13-15-6-7-16-4-3-5-17(16)12-15/h6-7,12,18,20H,1-5,8-11,13-14H2. The van der Waals surface area contributed by atoms with Crippen LogP contribution in [0.4, 0.5) is 0 Å². The Labute approximate surface area is 123 Å². The number of hydrogen-bond acceptors (Lipinski definition) is 1. The highest BCUT2D eigenvalue weighted by molar-refractivity contribution is 5.35. The molecule has 1 aromatic rings. The summed E-state index contributed by atoms with van der Waals surface area (Å²) in [4.78, 5) is 0. The van der Waals surface area contributed by atoms with Gasteiger partial charge in [0.1, 0.15) is 0 Å². The molecular weight excluding hydrogens is 242 g/mol. The highest BCUT2D eigenvalue weighted by atomic mass is 15.0. The molecule has 0 radical (unpaired) electrons. The second-order valence-electron chi connectivity index (χ2n) is 7.50. The highest BCUT2D eigenvalue weighted by Gasteiger charge is 2.35. The number of benzene rings is 1. The van der Waals surface area contributed by atoms with E-state index in [-0.39, 0.29) is 0 Å². The monoisotopic (exact) mass is 269 g/mol. The molecule has 0 spiro atoms. The molecule has 1 heteroatoms. The van der Waals surface area contributed by atoms with Crippen LogP contribution in [0.25, 0.3) is 0 Å². The maximum Gasteiger partial charge on any atom is 0.00684 e. The number of nitrogens with one attached hydrogen (secondary N) is 1. The van der Waals surface area contributed by atoms with Crippen molar-refractivity contribution in [1.29, 1.82) is 0 Å². The molecule has 0 heterocycles. The zero-order chi connectivity index (χ0) is 13.4. The van der Waals surface area contributed by atoms with Crippen molar-refractivity contribution in [2.24, 2.45) is 5.41 Å². The van der Waals surface area contributed by atoms with E-state index in [1.807, 2.05) is 0 Å². The Kier molecular flexibility index (Phi) is 3.34. The molecule has 4 rings (SSSR count). The summed E-state index contributed by atoms with van der Waals surface area (Å²) in [6, 6.07) is 8.21. The lowest BCUT2D eigenvalue weighted by Gasteiger charge is -2.30. The third-order valence-electron chi connectivity index (χ3n) is 5.75. The topological polar surface area (TPSA) is 12.0 Å².